The Labute approximate surface area is 110 Å². The smallest absolute Gasteiger partial charge is 0.342 e. The predicted molar refractivity (Wildman–Crippen MR) is 68.5 cm³/mol. The number of hydrogen-bond donors (Lipinski definition) is 1. The van der Waals surface area contributed by atoms with E-state index < -0.39 is 16.6 Å². The Hall–Kier alpha value is -2.18. The minimum Gasteiger partial charge on any atom is -0.477 e. The normalized spacial score (nSPS) is 19.2. The van der Waals surface area contributed by atoms with Crippen molar-refractivity contribution in [3.05, 3.63) is 27.9 Å². The molecule has 102 valence electrons. The van der Waals surface area contributed by atoms with Crippen LogP contribution in [0.4, 0.5) is 11.5 Å². The first-order chi connectivity index (χ1) is 8.99. The van der Waals surface area contributed by atoms with Crippen LogP contribution in [0.25, 0.3) is 0 Å². The van der Waals surface area contributed by atoms with Crippen molar-refractivity contribution >= 4 is 17.5 Å². The van der Waals surface area contributed by atoms with Crippen molar-refractivity contribution in [3.63, 3.8) is 0 Å². The summed E-state index contributed by atoms with van der Waals surface area (Å²) in [7, 11) is 0. The molecule has 2 rings (SSSR count). The first-order valence-electron chi connectivity index (χ1n) is 6.11. The zero-order chi connectivity index (χ0) is 14.0. The van der Waals surface area contributed by atoms with Gasteiger partial charge in [-0.25, -0.2) is 9.78 Å². The third kappa shape index (κ3) is 2.81. The highest BCUT2D eigenvalue weighted by Crippen LogP contribution is 2.25. The second kappa shape index (κ2) is 5.21. The molecule has 1 aliphatic heterocycles. The van der Waals surface area contributed by atoms with E-state index >= 15 is 0 Å². The Balaban J connectivity index is 2.35. The number of carboxylic acid groups (broad SMARTS) is 1. The Morgan fingerprint density at radius 3 is 2.95 bits per heavy atom. The van der Waals surface area contributed by atoms with E-state index in [-0.39, 0.29) is 5.56 Å². The zero-order valence-electron chi connectivity index (χ0n) is 10.6. The Kier molecular flexibility index (Phi) is 3.64. The lowest BCUT2D eigenvalue weighted by Crippen LogP contribution is -2.34. The van der Waals surface area contributed by atoms with Crippen LogP contribution in [0.3, 0.4) is 0 Å². The number of pyridine rings is 1. The highest BCUT2D eigenvalue weighted by molar-refractivity contribution is 5.93. The van der Waals surface area contributed by atoms with Crippen LogP contribution in [0.1, 0.15) is 30.1 Å². The maximum absolute atomic E-state index is 11.1. The maximum atomic E-state index is 11.1. The third-order valence-corrected chi connectivity index (χ3v) is 3.28. The summed E-state index contributed by atoms with van der Waals surface area (Å²) in [5, 5.41) is 19.8. The minimum atomic E-state index is -1.31. The number of anilines is 1. The van der Waals surface area contributed by atoms with Crippen LogP contribution < -0.4 is 4.90 Å². The summed E-state index contributed by atoms with van der Waals surface area (Å²) in [4.78, 5) is 27.1. The summed E-state index contributed by atoms with van der Waals surface area (Å²) in [6.07, 6.45) is 3.18. The quantitative estimate of drug-likeness (QED) is 0.662. The molecular weight excluding hydrogens is 250 g/mol. The van der Waals surface area contributed by atoms with Gasteiger partial charge in [0.15, 0.2) is 0 Å². The molecule has 0 radical (unpaired) electrons. The van der Waals surface area contributed by atoms with Crippen molar-refractivity contribution in [3.8, 4) is 0 Å². The molecule has 1 atom stereocenters. The van der Waals surface area contributed by atoms with Crippen LogP contribution in [-0.4, -0.2) is 34.1 Å². The minimum absolute atomic E-state index is 0.312. The van der Waals surface area contributed by atoms with Crippen molar-refractivity contribution in [1.82, 2.24) is 4.98 Å². The lowest BCUT2D eigenvalue weighted by Gasteiger charge is -2.31. The molecule has 7 nitrogen and oxygen atoms in total. The molecule has 7 heteroatoms. The lowest BCUT2D eigenvalue weighted by atomic mass is 10.0. The van der Waals surface area contributed by atoms with Gasteiger partial charge in [0, 0.05) is 19.2 Å². The van der Waals surface area contributed by atoms with Crippen LogP contribution >= 0.6 is 0 Å². The monoisotopic (exact) mass is 265 g/mol. The molecule has 0 saturated carbocycles. The van der Waals surface area contributed by atoms with Crippen molar-refractivity contribution < 1.29 is 14.8 Å². The van der Waals surface area contributed by atoms with Crippen LogP contribution in [0, 0.1) is 16.0 Å². The maximum Gasteiger partial charge on any atom is 0.342 e. The van der Waals surface area contributed by atoms with Crippen LogP contribution in [0.15, 0.2) is 12.3 Å². The summed E-state index contributed by atoms with van der Waals surface area (Å²) in [6.45, 7) is 3.72. The predicted octanol–water partition coefficient (Wildman–Crippen LogP) is 1.92. The van der Waals surface area contributed by atoms with E-state index in [1.807, 2.05) is 4.90 Å². The molecule has 0 aromatic carbocycles. The highest BCUT2D eigenvalue weighted by atomic mass is 16.6. The lowest BCUT2D eigenvalue weighted by molar-refractivity contribution is -0.385. The fourth-order valence-electron chi connectivity index (χ4n) is 2.32. The second-order valence-electron chi connectivity index (χ2n) is 4.82. The molecule has 0 amide bonds. The molecule has 1 aromatic heterocycles. The van der Waals surface area contributed by atoms with Crippen molar-refractivity contribution in [1.29, 1.82) is 0 Å². The molecule has 1 N–H and O–H groups in total. The van der Waals surface area contributed by atoms with Crippen LogP contribution in [0.2, 0.25) is 0 Å². The fourth-order valence-corrected chi connectivity index (χ4v) is 2.32. The van der Waals surface area contributed by atoms with E-state index in [1.54, 1.807) is 0 Å². The zero-order valence-corrected chi connectivity index (χ0v) is 10.6. The molecular formula is C12H15N3O4. The van der Waals surface area contributed by atoms with Gasteiger partial charge in [0.25, 0.3) is 0 Å². The van der Waals surface area contributed by atoms with Crippen molar-refractivity contribution in [2.24, 2.45) is 5.92 Å². The third-order valence-electron chi connectivity index (χ3n) is 3.28. The van der Waals surface area contributed by atoms with Gasteiger partial charge in [-0.1, -0.05) is 6.92 Å². The van der Waals surface area contributed by atoms with Gasteiger partial charge in [-0.05, 0) is 18.8 Å². The number of nitro groups is 1. The number of carboxylic acids is 1. The SMILES string of the molecule is CC1CCCN(c2cc(C(=O)O)c([N+](=O)[O-])cn2)C1. The Morgan fingerprint density at radius 2 is 2.37 bits per heavy atom. The number of aromatic nitrogens is 1. The average Bonchev–Trinajstić information content (AvgIpc) is 2.37. The van der Waals surface area contributed by atoms with Crippen LogP contribution in [0.5, 0.6) is 0 Å². The largest absolute Gasteiger partial charge is 0.477 e. The molecule has 1 aliphatic rings. The van der Waals surface area contributed by atoms with Gasteiger partial charge in [0.05, 0.1) is 4.92 Å². The molecule has 0 bridgehead atoms. The molecule has 0 spiro atoms. The van der Waals surface area contributed by atoms with E-state index in [0.29, 0.717) is 11.7 Å². The molecule has 1 saturated heterocycles. The van der Waals surface area contributed by atoms with E-state index in [0.717, 1.165) is 32.1 Å². The summed E-state index contributed by atoms with van der Waals surface area (Å²) < 4.78 is 0. The summed E-state index contributed by atoms with van der Waals surface area (Å²) in [6, 6.07) is 1.29. The second-order valence-corrected chi connectivity index (χ2v) is 4.82. The van der Waals surface area contributed by atoms with Gasteiger partial charge in [-0.15, -0.1) is 0 Å². The standard InChI is InChI=1S/C12H15N3O4/c1-8-3-2-4-14(7-8)11-5-9(12(16)17)10(6-13-11)15(18)19/h5-6,8H,2-4,7H2,1H3,(H,16,17). The number of carbonyl (C=O) groups is 1. The van der Waals surface area contributed by atoms with Crippen molar-refractivity contribution in [2.45, 2.75) is 19.8 Å². The van der Waals surface area contributed by atoms with Gasteiger partial charge in [-0.3, -0.25) is 10.1 Å². The Morgan fingerprint density at radius 1 is 1.63 bits per heavy atom. The van der Waals surface area contributed by atoms with E-state index in [9.17, 15) is 14.9 Å². The molecule has 0 aliphatic carbocycles. The molecule has 2 heterocycles. The fraction of sp³-hybridized carbons (Fsp3) is 0.500. The number of aromatic carboxylic acids is 1. The van der Waals surface area contributed by atoms with Gasteiger partial charge < -0.3 is 10.0 Å². The molecule has 1 fully saturated rings. The van der Waals surface area contributed by atoms with Gasteiger partial charge in [-0.2, -0.15) is 0 Å². The van der Waals surface area contributed by atoms with Gasteiger partial charge in [0.2, 0.25) is 0 Å². The summed E-state index contributed by atoms with van der Waals surface area (Å²) in [5.74, 6) is -0.297. The topological polar surface area (TPSA) is 96.6 Å². The first kappa shape index (κ1) is 13.3. The van der Waals surface area contributed by atoms with Gasteiger partial charge in [0.1, 0.15) is 17.6 Å². The molecule has 1 unspecified atom stereocenters. The summed E-state index contributed by atoms with van der Waals surface area (Å²) >= 11 is 0. The molecule has 19 heavy (non-hydrogen) atoms. The van der Waals surface area contributed by atoms with Crippen LogP contribution in [-0.2, 0) is 0 Å². The Bertz CT molecular complexity index is 518. The highest BCUT2D eigenvalue weighted by Gasteiger charge is 2.24. The van der Waals surface area contributed by atoms with Crippen molar-refractivity contribution in [2.75, 3.05) is 18.0 Å². The van der Waals surface area contributed by atoms with E-state index in [1.165, 1.54) is 6.07 Å². The number of rotatable bonds is 3. The number of hydrogen-bond acceptors (Lipinski definition) is 5. The molecule has 1 aromatic rings. The summed E-state index contributed by atoms with van der Waals surface area (Å²) in [5.41, 5.74) is -0.783. The van der Waals surface area contributed by atoms with E-state index in [2.05, 4.69) is 11.9 Å². The van der Waals surface area contributed by atoms with E-state index in [4.69, 9.17) is 5.11 Å². The first-order valence-corrected chi connectivity index (χ1v) is 6.11. The van der Waals surface area contributed by atoms with Gasteiger partial charge >= 0.3 is 11.7 Å². The number of piperidine rings is 1. The number of nitrogens with zero attached hydrogens (tertiary/aromatic N) is 3. The average molecular weight is 265 g/mol.